The molecule has 0 heterocycles. The van der Waals surface area contributed by atoms with Crippen LogP contribution in [0, 0.1) is 30.1 Å². The zero-order valence-corrected chi connectivity index (χ0v) is 13.8. The van der Waals surface area contributed by atoms with Crippen LogP contribution in [0.5, 0.6) is 0 Å². The minimum absolute atomic E-state index is 0. The largest absolute Gasteiger partial charge is 2.00 e. The third-order valence-electron chi connectivity index (χ3n) is 3.00. The van der Waals surface area contributed by atoms with Crippen molar-refractivity contribution in [2.24, 2.45) is 23.7 Å². The molecule has 15 heavy (non-hydrogen) atoms. The molecular formula is C13H25BrMg. The van der Waals surface area contributed by atoms with Gasteiger partial charge in [-0.15, -0.1) is 0 Å². The Morgan fingerprint density at radius 2 is 1.27 bits per heavy atom. The van der Waals surface area contributed by atoms with E-state index in [0.29, 0.717) is 0 Å². The van der Waals surface area contributed by atoms with E-state index < -0.39 is 0 Å². The van der Waals surface area contributed by atoms with Crippen LogP contribution >= 0.6 is 0 Å². The van der Waals surface area contributed by atoms with Crippen molar-refractivity contribution >= 4 is 23.1 Å². The van der Waals surface area contributed by atoms with Crippen LogP contribution in [-0.4, -0.2) is 23.1 Å². The van der Waals surface area contributed by atoms with Crippen LogP contribution in [-0.2, 0) is 0 Å². The first-order valence-electron chi connectivity index (χ1n) is 5.93. The molecule has 2 unspecified atom stereocenters. The monoisotopic (exact) mass is 284 g/mol. The summed E-state index contributed by atoms with van der Waals surface area (Å²) in [6, 6.07) is 0. The van der Waals surface area contributed by atoms with Crippen molar-refractivity contribution < 1.29 is 17.0 Å². The second kappa shape index (κ2) is 9.29. The minimum Gasteiger partial charge on any atom is -1.00 e. The summed E-state index contributed by atoms with van der Waals surface area (Å²) in [5, 5.41) is 0. The first kappa shape index (κ1) is 18.6. The SMILES string of the molecule is CC(C)CC1[CH-]C(CC(C)C)CC1.[Br-].[Mg+2]. The maximum Gasteiger partial charge on any atom is 2.00 e. The first-order valence-corrected chi connectivity index (χ1v) is 5.93. The summed E-state index contributed by atoms with van der Waals surface area (Å²) in [7, 11) is 0. The van der Waals surface area contributed by atoms with Gasteiger partial charge in [0.25, 0.3) is 0 Å². The van der Waals surface area contributed by atoms with Crippen molar-refractivity contribution in [2.75, 3.05) is 0 Å². The number of halogens is 1. The average molecular weight is 286 g/mol. The molecule has 1 saturated carbocycles. The second-order valence-corrected chi connectivity index (χ2v) is 5.55. The molecule has 0 aliphatic heterocycles. The van der Waals surface area contributed by atoms with Crippen molar-refractivity contribution in [2.45, 2.75) is 53.4 Å². The minimum atomic E-state index is 0. The van der Waals surface area contributed by atoms with Crippen molar-refractivity contribution in [1.29, 1.82) is 0 Å². The summed E-state index contributed by atoms with van der Waals surface area (Å²) >= 11 is 0. The molecule has 2 atom stereocenters. The Labute approximate surface area is 123 Å². The summed E-state index contributed by atoms with van der Waals surface area (Å²) < 4.78 is 0. The molecule has 1 rings (SSSR count). The second-order valence-electron chi connectivity index (χ2n) is 5.55. The normalized spacial score (nSPS) is 25.2. The maximum atomic E-state index is 2.64. The number of hydrogen-bond donors (Lipinski definition) is 0. The Morgan fingerprint density at radius 1 is 0.933 bits per heavy atom. The van der Waals surface area contributed by atoms with Gasteiger partial charge in [0.2, 0.25) is 0 Å². The van der Waals surface area contributed by atoms with Crippen LogP contribution in [0.1, 0.15) is 53.4 Å². The Balaban J connectivity index is 0. The maximum absolute atomic E-state index is 2.64. The molecule has 1 aliphatic rings. The van der Waals surface area contributed by atoms with E-state index in [4.69, 9.17) is 0 Å². The van der Waals surface area contributed by atoms with Crippen LogP contribution < -0.4 is 17.0 Å². The van der Waals surface area contributed by atoms with Crippen molar-refractivity contribution in [3.05, 3.63) is 6.42 Å². The van der Waals surface area contributed by atoms with Crippen LogP contribution in [0.4, 0.5) is 0 Å². The Hall–Kier alpha value is 1.25. The standard InChI is InChI=1S/C13H25.BrH.Mg/c1-10(2)7-12-5-6-13(9-12)8-11(3)4;;/h9-13H,5-8H2,1-4H3;1H;/q-1;;+2/p-1. The summed E-state index contributed by atoms with van der Waals surface area (Å²) in [6.45, 7) is 9.35. The molecule has 86 valence electrons. The fourth-order valence-electron chi connectivity index (χ4n) is 2.61. The van der Waals surface area contributed by atoms with E-state index in [0.717, 1.165) is 23.7 Å². The first-order chi connectivity index (χ1) is 6.08. The van der Waals surface area contributed by atoms with Crippen LogP contribution in [0.3, 0.4) is 0 Å². The molecule has 0 bridgehead atoms. The molecule has 1 fully saturated rings. The predicted octanol–water partition coefficient (Wildman–Crippen LogP) is 0.932. The van der Waals surface area contributed by atoms with E-state index in [2.05, 4.69) is 34.1 Å². The molecule has 0 aromatic carbocycles. The smallest absolute Gasteiger partial charge is 1.00 e. The Kier molecular flexibility index (Phi) is 11.5. The van der Waals surface area contributed by atoms with Gasteiger partial charge >= 0.3 is 23.1 Å². The molecule has 0 nitrogen and oxygen atoms in total. The summed E-state index contributed by atoms with van der Waals surface area (Å²) in [5.74, 6) is 3.62. The Morgan fingerprint density at radius 3 is 1.53 bits per heavy atom. The summed E-state index contributed by atoms with van der Waals surface area (Å²) in [6.07, 6.45) is 8.37. The molecule has 0 amide bonds. The number of rotatable bonds is 4. The van der Waals surface area contributed by atoms with E-state index in [1.165, 1.54) is 25.7 Å². The van der Waals surface area contributed by atoms with Gasteiger partial charge in [-0.3, -0.25) is 0 Å². The van der Waals surface area contributed by atoms with Gasteiger partial charge in [0.1, 0.15) is 0 Å². The molecule has 0 aromatic rings. The van der Waals surface area contributed by atoms with E-state index in [9.17, 15) is 0 Å². The molecular weight excluding hydrogens is 260 g/mol. The topological polar surface area (TPSA) is 0 Å². The average Bonchev–Trinajstić information content (AvgIpc) is 2.33. The van der Waals surface area contributed by atoms with Crippen LogP contribution in [0.2, 0.25) is 0 Å². The molecule has 0 N–H and O–H groups in total. The number of hydrogen-bond acceptors (Lipinski definition) is 0. The van der Waals surface area contributed by atoms with Gasteiger partial charge in [0.05, 0.1) is 0 Å². The van der Waals surface area contributed by atoms with E-state index >= 15 is 0 Å². The van der Waals surface area contributed by atoms with E-state index in [-0.39, 0.29) is 40.0 Å². The Bertz CT molecular complexity index is 129. The van der Waals surface area contributed by atoms with Gasteiger partial charge in [-0.1, -0.05) is 53.4 Å². The quantitative estimate of drug-likeness (QED) is 0.533. The van der Waals surface area contributed by atoms with Gasteiger partial charge in [0, 0.05) is 0 Å². The van der Waals surface area contributed by atoms with Crippen molar-refractivity contribution in [3.8, 4) is 0 Å². The van der Waals surface area contributed by atoms with Crippen LogP contribution in [0.15, 0.2) is 0 Å². The molecule has 0 radical (unpaired) electrons. The third-order valence-corrected chi connectivity index (χ3v) is 3.00. The molecule has 2 heteroatoms. The fraction of sp³-hybridized carbons (Fsp3) is 0.923. The third kappa shape index (κ3) is 8.04. The predicted molar refractivity (Wildman–Crippen MR) is 65.2 cm³/mol. The van der Waals surface area contributed by atoms with E-state index in [1.807, 2.05) is 0 Å². The molecule has 0 saturated heterocycles. The zero-order chi connectivity index (χ0) is 9.84. The van der Waals surface area contributed by atoms with Gasteiger partial charge in [-0.25, -0.2) is 0 Å². The fourth-order valence-corrected chi connectivity index (χ4v) is 2.61. The van der Waals surface area contributed by atoms with Gasteiger partial charge in [-0.2, -0.15) is 11.8 Å². The molecule has 0 spiro atoms. The van der Waals surface area contributed by atoms with Crippen LogP contribution in [0.25, 0.3) is 0 Å². The van der Waals surface area contributed by atoms with Gasteiger partial charge < -0.3 is 23.4 Å². The van der Waals surface area contributed by atoms with E-state index in [1.54, 1.807) is 0 Å². The van der Waals surface area contributed by atoms with Gasteiger partial charge in [-0.05, 0) is 11.8 Å². The zero-order valence-electron chi connectivity index (χ0n) is 10.8. The van der Waals surface area contributed by atoms with Gasteiger partial charge in [0.15, 0.2) is 0 Å². The summed E-state index contributed by atoms with van der Waals surface area (Å²) in [4.78, 5) is 0. The van der Waals surface area contributed by atoms with Crippen molar-refractivity contribution in [1.82, 2.24) is 0 Å². The van der Waals surface area contributed by atoms with Crippen molar-refractivity contribution in [3.63, 3.8) is 0 Å². The summed E-state index contributed by atoms with van der Waals surface area (Å²) in [5.41, 5.74) is 0. The molecule has 1 aliphatic carbocycles. The molecule has 0 aromatic heterocycles.